The molecule has 0 fully saturated rings. The van der Waals surface area contributed by atoms with Crippen molar-refractivity contribution in [3.63, 3.8) is 0 Å². The SMILES string of the molecule is CCSc1nn(CC(=O)c2ccc(F)cc2)c(=N)s1. The van der Waals surface area contributed by atoms with E-state index in [1.807, 2.05) is 6.92 Å². The van der Waals surface area contributed by atoms with Crippen LogP contribution in [0.15, 0.2) is 28.6 Å². The van der Waals surface area contributed by atoms with Gasteiger partial charge < -0.3 is 0 Å². The van der Waals surface area contributed by atoms with Gasteiger partial charge in [-0.2, -0.15) is 5.10 Å². The van der Waals surface area contributed by atoms with Crippen molar-refractivity contribution in [2.24, 2.45) is 0 Å². The third-order valence-corrected chi connectivity index (χ3v) is 4.23. The lowest BCUT2D eigenvalue weighted by Crippen LogP contribution is -2.21. The molecule has 2 aromatic rings. The quantitative estimate of drug-likeness (QED) is 0.681. The Labute approximate surface area is 117 Å². The second-order valence-corrected chi connectivity index (χ2v) is 6.18. The minimum absolute atomic E-state index is 0.00520. The lowest BCUT2D eigenvalue weighted by atomic mass is 10.1. The molecule has 100 valence electrons. The molecule has 0 saturated carbocycles. The lowest BCUT2D eigenvalue weighted by Gasteiger charge is -2.01. The first-order valence-electron chi connectivity index (χ1n) is 5.64. The maximum absolute atomic E-state index is 12.8. The summed E-state index contributed by atoms with van der Waals surface area (Å²) in [4.78, 5) is 12.2. The number of benzene rings is 1. The molecule has 0 saturated heterocycles. The Kier molecular flexibility index (Phi) is 4.49. The number of thioether (sulfide) groups is 1. The number of ketones is 1. The summed E-state index contributed by atoms with van der Waals surface area (Å²) >= 11 is 2.79. The van der Waals surface area contributed by atoms with E-state index in [0.717, 1.165) is 10.1 Å². The second-order valence-electron chi connectivity index (χ2n) is 3.69. The van der Waals surface area contributed by atoms with E-state index >= 15 is 0 Å². The maximum atomic E-state index is 12.8. The molecule has 0 bridgehead atoms. The van der Waals surface area contributed by atoms with Gasteiger partial charge in [0.05, 0.1) is 0 Å². The van der Waals surface area contributed by atoms with Crippen LogP contribution < -0.4 is 4.80 Å². The number of halogens is 1. The molecule has 19 heavy (non-hydrogen) atoms. The first-order chi connectivity index (χ1) is 9.10. The largest absolute Gasteiger partial charge is 0.292 e. The Bertz CT molecular complexity index is 633. The topological polar surface area (TPSA) is 58.7 Å². The monoisotopic (exact) mass is 297 g/mol. The first kappa shape index (κ1) is 14.0. The van der Waals surface area contributed by atoms with Crippen LogP contribution in [0.1, 0.15) is 17.3 Å². The predicted molar refractivity (Wildman–Crippen MR) is 73.1 cm³/mol. The fourth-order valence-corrected chi connectivity index (χ4v) is 3.20. The lowest BCUT2D eigenvalue weighted by molar-refractivity contribution is 0.0965. The van der Waals surface area contributed by atoms with Gasteiger partial charge in [-0.15, -0.1) is 0 Å². The van der Waals surface area contributed by atoms with E-state index in [1.54, 1.807) is 11.8 Å². The Morgan fingerprint density at radius 2 is 2.16 bits per heavy atom. The van der Waals surface area contributed by atoms with Crippen LogP contribution in [0, 0.1) is 11.2 Å². The molecule has 0 spiro atoms. The molecule has 0 amide bonds. The number of nitrogens with zero attached hydrogens (tertiary/aromatic N) is 2. The number of hydrogen-bond donors (Lipinski definition) is 1. The zero-order chi connectivity index (χ0) is 13.8. The Hall–Kier alpha value is -1.47. The number of Topliss-reactive ketones (excluding diaryl/α,β-unsaturated/α-hetero) is 1. The van der Waals surface area contributed by atoms with E-state index in [9.17, 15) is 9.18 Å². The van der Waals surface area contributed by atoms with Crippen molar-refractivity contribution in [3.8, 4) is 0 Å². The zero-order valence-corrected chi connectivity index (χ0v) is 11.9. The van der Waals surface area contributed by atoms with Crippen LogP contribution in [0.5, 0.6) is 0 Å². The third kappa shape index (κ3) is 3.51. The molecule has 0 aliphatic heterocycles. The molecular weight excluding hydrogens is 285 g/mol. The summed E-state index contributed by atoms with van der Waals surface area (Å²) in [5.41, 5.74) is 0.422. The summed E-state index contributed by atoms with van der Waals surface area (Å²) in [5.74, 6) is 0.316. The van der Waals surface area contributed by atoms with Crippen molar-refractivity contribution < 1.29 is 9.18 Å². The molecule has 7 heteroatoms. The molecule has 4 nitrogen and oxygen atoms in total. The Morgan fingerprint density at radius 1 is 1.47 bits per heavy atom. The molecule has 0 aliphatic carbocycles. The number of hydrogen-bond acceptors (Lipinski definition) is 5. The standard InChI is InChI=1S/C12H12FN3OS2/c1-2-18-12-15-16(11(14)19-12)7-10(17)8-3-5-9(13)6-4-8/h3-6,14H,2,7H2,1H3. The number of carbonyl (C=O) groups is 1. The summed E-state index contributed by atoms with van der Waals surface area (Å²) in [6, 6.07) is 5.38. The summed E-state index contributed by atoms with van der Waals surface area (Å²) in [7, 11) is 0. The smallest absolute Gasteiger partial charge is 0.201 e. The van der Waals surface area contributed by atoms with E-state index in [-0.39, 0.29) is 22.9 Å². The molecular formula is C12H12FN3OS2. The highest BCUT2D eigenvalue weighted by Crippen LogP contribution is 2.16. The van der Waals surface area contributed by atoms with Crippen LogP contribution in [-0.2, 0) is 6.54 Å². The summed E-state index contributed by atoms with van der Waals surface area (Å²) < 4.78 is 14.9. The minimum Gasteiger partial charge on any atom is -0.292 e. The van der Waals surface area contributed by atoms with Crippen molar-refractivity contribution in [1.29, 1.82) is 5.41 Å². The van der Waals surface area contributed by atoms with Gasteiger partial charge in [0, 0.05) is 5.56 Å². The number of rotatable bonds is 5. The summed E-state index contributed by atoms with van der Waals surface area (Å²) in [6.45, 7) is 2.01. The Balaban J connectivity index is 2.14. The van der Waals surface area contributed by atoms with Crippen LogP contribution in [0.25, 0.3) is 0 Å². The van der Waals surface area contributed by atoms with Crippen LogP contribution in [-0.4, -0.2) is 21.3 Å². The molecule has 0 aliphatic rings. The van der Waals surface area contributed by atoms with Gasteiger partial charge >= 0.3 is 0 Å². The molecule has 2 rings (SSSR count). The maximum Gasteiger partial charge on any atom is 0.201 e. The van der Waals surface area contributed by atoms with Gasteiger partial charge in [-0.1, -0.05) is 30.0 Å². The van der Waals surface area contributed by atoms with Crippen LogP contribution >= 0.6 is 23.1 Å². The normalized spacial score (nSPS) is 10.6. The molecule has 0 atom stereocenters. The van der Waals surface area contributed by atoms with Crippen molar-refractivity contribution in [3.05, 3.63) is 40.4 Å². The van der Waals surface area contributed by atoms with E-state index < -0.39 is 0 Å². The van der Waals surface area contributed by atoms with E-state index in [2.05, 4.69) is 5.10 Å². The third-order valence-electron chi connectivity index (χ3n) is 2.35. The predicted octanol–water partition coefficient (Wildman–Crippen LogP) is 2.56. The van der Waals surface area contributed by atoms with Gasteiger partial charge in [0.25, 0.3) is 0 Å². The second kappa shape index (κ2) is 6.12. The van der Waals surface area contributed by atoms with Gasteiger partial charge in [0.1, 0.15) is 12.4 Å². The highest BCUT2D eigenvalue weighted by molar-refractivity contribution is 8.00. The van der Waals surface area contributed by atoms with Crippen molar-refractivity contribution >= 4 is 28.9 Å². The van der Waals surface area contributed by atoms with Crippen LogP contribution in [0.3, 0.4) is 0 Å². The highest BCUT2D eigenvalue weighted by Gasteiger charge is 2.10. The average molecular weight is 297 g/mol. The molecule has 1 heterocycles. The van der Waals surface area contributed by atoms with Crippen molar-refractivity contribution in [2.45, 2.75) is 17.8 Å². The van der Waals surface area contributed by atoms with Gasteiger partial charge in [-0.25, -0.2) is 9.07 Å². The summed E-state index contributed by atoms with van der Waals surface area (Å²) in [5, 5.41) is 12.0. The van der Waals surface area contributed by atoms with E-state index in [4.69, 9.17) is 5.41 Å². The molecule has 0 radical (unpaired) electrons. The van der Waals surface area contributed by atoms with Gasteiger partial charge in [0.2, 0.25) is 4.80 Å². The van der Waals surface area contributed by atoms with Crippen molar-refractivity contribution in [1.82, 2.24) is 9.78 Å². The molecule has 1 aromatic carbocycles. The van der Waals surface area contributed by atoms with Gasteiger partial charge in [-0.3, -0.25) is 10.2 Å². The highest BCUT2D eigenvalue weighted by atomic mass is 32.2. The zero-order valence-electron chi connectivity index (χ0n) is 10.2. The molecule has 1 aromatic heterocycles. The van der Waals surface area contributed by atoms with Crippen LogP contribution in [0.2, 0.25) is 0 Å². The van der Waals surface area contributed by atoms with E-state index in [0.29, 0.717) is 5.56 Å². The first-order valence-corrected chi connectivity index (χ1v) is 7.44. The van der Waals surface area contributed by atoms with Gasteiger partial charge in [0.15, 0.2) is 10.1 Å². The van der Waals surface area contributed by atoms with E-state index in [1.165, 1.54) is 40.3 Å². The number of carbonyl (C=O) groups excluding carboxylic acids is 1. The molecule has 0 unspecified atom stereocenters. The number of aromatic nitrogens is 2. The van der Waals surface area contributed by atoms with Crippen molar-refractivity contribution in [2.75, 3.05) is 5.75 Å². The Morgan fingerprint density at radius 3 is 2.79 bits per heavy atom. The van der Waals surface area contributed by atoms with Crippen LogP contribution in [0.4, 0.5) is 4.39 Å². The minimum atomic E-state index is -0.374. The fraction of sp³-hybridized carbons (Fsp3) is 0.250. The average Bonchev–Trinajstić information content (AvgIpc) is 2.71. The molecule has 1 N–H and O–H groups in total. The summed E-state index contributed by atoms with van der Waals surface area (Å²) in [6.07, 6.45) is 0. The van der Waals surface area contributed by atoms with Gasteiger partial charge in [-0.05, 0) is 30.0 Å². The number of nitrogens with one attached hydrogen (secondary N) is 1. The fourth-order valence-electron chi connectivity index (χ4n) is 1.45.